The van der Waals surface area contributed by atoms with Crippen LogP contribution in [0.2, 0.25) is 0 Å². The largest absolute Gasteiger partial charge is 0.339 e. The van der Waals surface area contributed by atoms with Crippen LogP contribution in [0.15, 0.2) is 9.68 Å². The zero-order chi connectivity index (χ0) is 14.1. The molecule has 0 aromatic carbocycles. The van der Waals surface area contributed by atoms with Crippen LogP contribution in [0.4, 0.5) is 0 Å². The minimum absolute atomic E-state index is 0.276. The third-order valence-electron chi connectivity index (χ3n) is 3.17. The van der Waals surface area contributed by atoms with Crippen molar-refractivity contribution >= 4 is 11.8 Å². The molecule has 0 saturated heterocycles. The summed E-state index contributed by atoms with van der Waals surface area (Å²) in [5.74, 6) is 3.41. The molecule has 0 unspecified atom stereocenters. The number of nitrogens with zero attached hydrogens (tertiary/aromatic N) is 5. The molecule has 0 aliphatic heterocycles. The zero-order valence-electron chi connectivity index (χ0n) is 11.6. The monoisotopic (exact) mass is 294 g/mol. The molecular formula is C12H18N6OS. The second kappa shape index (κ2) is 5.53. The van der Waals surface area contributed by atoms with Gasteiger partial charge in [0.2, 0.25) is 5.89 Å². The van der Waals surface area contributed by atoms with Gasteiger partial charge in [-0.2, -0.15) is 4.98 Å². The second-order valence-corrected chi connectivity index (χ2v) is 6.12. The fraction of sp³-hybridized carbons (Fsp3) is 0.667. The molecule has 1 fully saturated rings. The van der Waals surface area contributed by atoms with Gasteiger partial charge in [0.25, 0.3) is 0 Å². The third kappa shape index (κ3) is 2.71. The predicted octanol–water partition coefficient (Wildman–Crippen LogP) is 1.87. The SMILES string of the molecule is CC(C)n1c(CN)nnc1SCc1noc(C2CC2)n1. The molecule has 1 aliphatic rings. The lowest BCUT2D eigenvalue weighted by Gasteiger charge is -2.12. The van der Waals surface area contributed by atoms with Crippen molar-refractivity contribution < 1.29 is 4.52 Å². The Morgan fingerprint density at radius 3 is 2.85 bits per heavy atom. The molecule has 0 atom stereocenters. The fourth-order valence-electron chi connectivity index (χ4n) is 2.02. The van der Waals surface area contributed by atoms with Crippen molar-refractivity contribution in [1.29, 1.82) is 0 Å². The van der Waals surface area contributed by atoms with Crippen LogP contribution >= 0.6 is 11.8 Å². The minimum Gasteiger partial charge on any atom is -0.339 e. The van der Waals surface area contributed by atoms with Crippen LogP contribution in [-0.4, -0.2) is 24.9 Å². The van der Waals surface area contributed by atoms with Gasteiger partial charge in [0.1, 0.15) is 5.82 Å². The average Bonchev–Trinajstić information content (AvgIpc) is 3.03. The first kappa shape index (κ1) is 13.6. The van der Waals surface area contributed by atoms with E-state index in [0.29, 0.717) is 24.0 Å². The summed E-state index contributed by atoms with van der Waals surface area (Å²) >= 11 is 1.56. The van der Waals surface area contributed by atoms with E-state index in [4.69, 9.17) is 10.3 Å². The summed E-state index contributed by atoms with van der Waals surface area (Å²) in [5.41, 5.74) is 5.68. The summed E-state index contributed by atoms with van der Waals surface area (Å²) in [4.78, 5) is 4.41. The lowest BCUT2D eigenvalue weighted by Crippen LogP contribution is -2.11. The van der Waals surface area contributed by atoms with E-state index in [2.05, 4.69) is 34.2 Å². The topological polar surface area (TPSA) is 95.7 Å². The van der Waals surface area contributed by atoms with E-state index in [1.54, 1.807) is 11.8 Å². The highest BCUT2D eigenvalue weighted by atomic mass is 32.2. The highest BCUT2D eigenvalue weighted by Crippen LogP contribution is 2.39. The zero-order valence-corrected chi connectivity index (χ0v) is 12.4. The minimum atomic E-state index is 0.276. The van der Waals surface area contributed by atoms with E-state index in [1.165, 1.54) is 0 Å². The lowest BCUT2D eigenvalue weighted by molar-refractivity contribution is 0.375. The smallest absolute Gasteiger partial charge is 0.229 e. The molecule has 3 rings (SSSR count). The van der Waals surface area contributed by atoms with E-state index in [1.807, 2.05) is 4.57 Å². The Labute approximate surface area is 121 Å². The van der Waals surface area contributed by atoms with Crippen molar-refractivity contribution in [1.82, 2.24) is 24.9 Å². The Morgan fingerprint density at radius 2 is 2.20 bits per heavy atom. The van der Waals surface area contributed by atoms with Gasteiger partial charge in [0, 0.05) is 12.0 Å². The summed E-state index contributed by atoms with van der Waals surface area (Å²) in [6.45, 7) is 4.57. The molecule has 8 heteroatoms. The molecule has 2 N–H and O–H groups in total. The van der Waals surface area contributed by atoms with Crippen LogP contribution in [-0.2, 0) is 12.3 Å². The summed E-state index contributed by atoms with van der Waals surface area (Å²) in [6, 6.07) is 0.276. The first-order valence-electron chi connectivity index (χ1n) is 6.78. The van der Waals surface area contributed by atoms with Gasteiger partial charge in [-0.3, -0.25) is 0 Å². The Bertz CT molecular complexity index is 589. The van der Waals surface area contributed by atoms with Crippen LogP contribution in [0.5, 0.6) is 0 Å². The standard InChI is InChI=1S/C12H18N6OS/c1-7(2)18-10(5-13)15-16-12(18)20-6-9-14-11(19-17-9)8-3-4-8/h7-8H,3-6,13H2,1-2H3. The van der Waals surface area contributed by atoms with Crippen LogP contribution < -0.4 is 5.73 Å². The van der Waals surface area contributed by atoms with Gasteiger partial charge in [0.05, 0.1) is 12.3 Å². The Kier molecular flexibility index (Phi) is 3.75. The summed E-state index contributed by atoms with van der Waals surface area (Å²) in [6.07, 6.45) is 2.33. The number of hydrogen-bond acceptors (Lipinski definition) is 7. The number of thioether (sulfide) groups is 1. The maximum absolute atomic E-state index is 5.68. The van der Waals surface area contributed by atoms with Crippen molar-refractivity contribution in [2.24, 2.45) is 5.73 Å². The van der Waals surface area contributed by atoms with Crippen molar-refractivity contribution in [3.05, 3.63) is 17.5 Å². The van der Waals surface area contributed by atoms with Crippen LogP contribution in [0.25, 0.3) is 0 Å². The van der Waals surface area contributed by atoms with E-state index in [9.17, 15) is 0 Å². The van der Waals surface area contributed by atoms with Crippen molar-refractivity contribution in [2.45, 2.75) is 56.1 Å². The Balaban J connectivity index is 1.69. The van der Waals surface area contributed by atoms with Crippen LogP contribution in [0.1, 0.15) is 56.2 Å². The number of aromatic nitrogens is 5. The summed E-state index contributed by atoms with van der Waals surface area (Å²) in [7, 11) is 0. The van der Waals surface area contributed by atoms with E-state index >= 15 is 0 Å². The lowest BCUT2D eigenvalue weighted by atomic mass is 10.4. The van der Waals surface area contributed by atoms with Crippen LogP contribution in [0.3, 0.4) is 0 Å². The predicted molar refractivity (Wildman–Crippen MR) is 74.1 cm³/mol. The normalized spacial score (nSPS) is 15.2. The van der Waals surface area contributed by atoms with Gasteiger partial charge in [-0.1, -0.05) is 16.9 Å². The molecule has 1 aliphatic carbocycles. The van der Waals surface area contributed by atoms with Gasteiger partial charge >= 0.3 is 0 Å². The molecule has 2 aromatic rings. The quantitative estimate of drug-likeness (QED) is 0.812. The molecule has 0 radical (unpaired) electrons. The van der Waals surface area contributed by atoms with Gasteiger partial charge in [-0.05, 0) is 26.7 Å². The molecule has 0 bridgehead atoms. The van der Waals surface area contributed by atoms with E-state index in [-0.39, 0.29) is 6.04 Å². The number of nitrogens with two attached hydrogens (primary N) is 1. The molecule has 0 spiro atoms. The molecule has 1 saturated carbocycles. The Hall–Kier alpha value is -1.41. The molecule has 20 heavy (non-hydrogen) atoms. The van der Waals surface area contributed by atoms with E-state index < -0.39 is 0 Å². The van der Waals surface area contributed by atoms with Gasteiger partial charge in [-0.15, -0.1) is 10.2 Å². The maximum atomic E-state index is 5.68. The van der Waals surface area contributed by atoms with Gasteiger partial charge in [-0.25, -0.2) is 0 Å². The number of rotatable bonds is 6. The highest BCUT2D eigenvalue weighted by Gasteiger charge is 2.29. The van der Waals surface area contributed by atoms with Gasteiger partial charge in [0.15, 0.2) is 11.0 Å². The number of hydrogen-bond donors (Lipinski definition) is 1. The van der Waals surface area contributed by atoms with Crippen molar-refractivity contribution in [2.75, 3.05) is 0 Å². The first-order chi connectivity index (χ1) is 9.69. The molecular weight excluding hydrogens is 276 g/mol. The van der Waals surface area contributed by atoms with E-state index in [0.717, 1.165) is 29.7 Å². The molecule has 7 nitrogen and oxygen atoms in total. The average molecular weight is 294 g/mol. The summed E-state index contributed by atoms with van der Waals surface area (Å²) < 4.78 is 7.29. The summed E-state index contributed by atoms with van der Waals surface area (Å²) in [5, 5.41) is 13.2. The highest BCUT2D eigenvalue weighted by molar-refractivity contribution is 7.98. The first-order valence-corrected chi connectivity index (χ1v) is 7.76. The molecule has 108 valence electrons. The van der Waals surface area contributed by atoms with Crippen LogP contribution in [0, 0.1) is 0 Å². The van der Waals surface area contributed by atoms with Crippen molar-refractivity contribution in [3.63, 3.8) is 0 Å². The molecule has 0 amide bonds. The maximum Gasteiger partial charge on any atom is 0.229 e. The van der Waals surface area contributed by atoms with Gasteiger partial charge < -0.3 is 14.8 Å². The Morgan fingerprint density at radius 1 is 1.40 bits per heavy atom. The fourth-order valence-corrected chi connectivity index (χ4v) is 2.94. The molecule has 2 aromatic heterocycles. The van der Waals surface area contributed by atoms with Crippen molar-refractivity contribution in [3.8, 4) is 0 Å². The second-order valence-electron chi connectivity index (χ2n) is 5.18. The third-order valence-corrected chi connectivity index (χ3v) is 4.11. The molecule has 2 heterocycles.